The fourth-order valence-corrected chi connectivity index (χ4v) is 7.84. The van der Waals surface area contributed by atoms with Gasteiger partial charge in [0.15, 0.2) is 18.1 Å². The Balaban J connectivity index is 1.29. The summed E-state index contributed by atoms with van der Waals surface area (Å²) in [6.07, 6.45) is 0. The van der Waals surface area contributed by atoms with E-state index in [1.165, 1.54) is 31.4 Å². The molecule has 2 N–H and O–H groups in total. The van der Waals surface area contributed by atoms with Gasteiger partial charge in [0.2, 0.25) is 11.8 Å². The molecule has 2 aliphatic heterocycles. The maximum Gasteiger partial charge on any atom is 0.305 e. The monoisotopic (exact) mass is 632 g/mol. The minimum atomic E-state index is -0.863. The largest absolute Gasteiger partial charge is 0.493 e. The molecule has 2 aliphatic rings. The molecule has 12 nitrogen and oxygen atoms in total. The molecule has 3 amide bonds. The maximum atomic E-state index is 13.9. The molecule has 0 saturated carbocycles. The molecule has 1 saturated heterocycles. The Morgan fingerprint density at radius 2 is 1.75 bits per heavy atom. The van der Waals surface area contributed by atoms with Gasteiger partial charge in [-0.1, -0.05) is 46.9 Å². The van der Waals surface area contributed by atoms with E-state index in [1.807, 2.05) is 19.1 Å². The molecule has 1 fully saturated rings. The van der Waals surface area contributed by atoms with Crippen molar-refractivity contribution in [2.45, 2.75) is 23.1 Å². The number of fused-ring (bicyclic) bond motifs is 2. The molecule has 44 heavy (non-hydrogen) atoms. The van der Waals surface area contributed by atoms with Gasteiger partial charge in [0, 0.05) is 28.6 Å². The standard InChI is InChI=1S/C30H24N4O8S2/c1-15-3-6-17(7-4-15)31-22(35)14-42-20-12-5-16(13-21(20)41-2)23-24-26(43-27-25(23)44-30(38)32-27)29(37)33(28(24)36)18-8-10-19(11-9-18)34(39)40/h3-13,23-24,26H,14H2,1-2H3,(H,31,35)(H,32,38)/t23-,24-,26+/m0/s1. The van der Waals surface area contributed by atoms with Crippen molar-refractivity contribution in [3.8, 4) is 11.5 Å². The van der Waals surface area contributed by atoms with E-state index in [0.717, 1.165) is 33.6 Å². The number of aromatic nitrogens is 1. The fraction of sp³-hybridized carbons (Fsp3) is 0.200. The number of amides is 3. The van der Waals surface area contributed by atoms with E-state index < -0.39 is 33.8 Å². The van der Waals surface area contributed by atoms with Crippen LogP contribution in [0.3, 0.4) is 0 Å². The summed E-state index contributed by atoms with van der Waals surface area (Å²) in [5, 5.41) is 13.5. The molecule has 0 unspecified atom stereocenters. The lowest BCUT2D eigenvalue weighted by atomic mass is 9.83. The Kier molecular flexibility index (Phi) is 7.69. The van der Waals surface area contributed by atoms with Crippen molar-refractivity contribution in [1.82, 2.24) is 4.98 Å². The van der Waals surface area contributed by atoms with Gasteiger partial charge in [0.1, 0.15) is 5.25 Å². The van der Waals surface area contributed by atoms with Gasteiger partial charge in [-0.3, -0.25) is 29.3 Å². The third kappa shape index (κ3) is 5.33. The number of aryl methyl sites for hydroxylation is 1. The highest BCUT2D eigenvalue weighted by Gasteiger charge is 2.56. The van der Waals surface area contributed by atoms with Crippen LogP contribution in [-0.2, 0) is 14.4 Å². The quantitative estimate of drug-likeness (QED) is 0.162. The third-order valence-corrected chi connectivity index (χ3v) is 9.78. The molecule has 6 rings (SSSR count). The SMILES string of the molecule is COc1cc([C@@H]2c3sc(=O)[nH]c3S[C@H]3C(=O)N(c4ccc([N+](=O)[O-])cc4)C(=O)[C@@H]23)ccc1OCC(=O)Nc1ccc(C)cc1. The first-order valence-electron chi connectivity index (χ1n) is 13.3. The predicted molar refractivity (Wildman–Crippen MR) is 164 cm³/mol. The smallest absolute Gasteiger partial charge is 0.305 e. The second kappa shape index (κ2) is 11.6. The van der Waals surface area contributed by atoms with Crippen LogP contribution in [0.1, 0.15) is 21.9 Å². The van der Waals surface area contributed by atoms with Gasteiger partial charge in [-0.15, -0.1) is 0 Å². The predicted octanol–water partition coefficient (Wildman–Crippen LogP) is 4.47. The molecule has 0 radical (unpaired) electrons. The highest BCUT2D eigenvalue weighted by molar-refractivity contribution is 8.00. The van der Waals surface area contributed by atoms with Gasteiger partial charge in [0.05, 0.1) is 28.7 Å². The van der Waals surface area contributed by atoms with Crippen molar-refractivity contribution in [3.05, 3.63) is 103 Å². The van der Waals surface area contributed by atoms with Gasteiger partial charge in [0.25, 0.3) is 11.6 Å². The number of hydrogen-bond acceptors (Lipinski definition) is 10. The van der Waals surface area contributed by atoms with E-state index >= 15 is 0 Å². The molecule has 0 bridgehead atoms. The summed E-state index contributed by atoms with van der Waals surface area (Å²) < 4.78 is 11.3. The molecular formula is C30H24N4O8S2. The van der Waals surface area contributed by atoms with Gasteiger partial charge < -0.3 is 19.8 Å². The van der Waals surface area contributed by atoms with Gasteiger partial charge in [-0.25, -0.2) is 4.90 Å². The number of aromatic amines is 1. The number of hydrogen-bond donors (Lipinski definition) is 2. The number of non-ortho nitro benzene ring substituents is 1. The fourth-order valence-electron chi connectivity index (χ4n) is 5.33. The Bertz CT molecular complexity index is 1850. The summed E-state index contributed by atoms with van der Waals surface area (Å²) in [5.74, 6) is -2.27. The van der Waals surface area contributed by atoms with Crippen molar-refractivity contribution in [3.63, 3.8) is 0 Å². The van der Waals surface area contributed by atoms with E-state index in [4.69, 9.17) is 9.47 Å². The number of nitrogens with one attached hydrogen (secondary N) is 2. The number of nitro groups is 1. The number of methoxy groups -OCH3 is 1. The van der Waals surface area contributed by atoms with E-state index in [-0.39, 0.29) is 28.8 Å². The average molecular weight is 633 g/mol. The molecule has 224 valence electrons. The first-order chi connectivity index (χ1) is 21.1. The van der Waals surface area contributed by atoms with Crippen molar-refractivity contribution in [2.75, 3.05) is 23.9 Å². The summed E-state index contributed by atoms with van der Waals surface area (Å²) >= 11 is 2.09. The first-order valence-corrected chi connectivity index (χ1v) is 15.0. The summed E-state index contributed by atoms with van der Waals surface area (Å²) in [6, 6.07) is 17.6. The minimum absolute atomic E-state index is 0.167. The number of imide groups is 1. The molecule has 4 aromatic rings. The summed E-state index contributed by atoms with van der Waals surface area (Å²) in [6.45, 7) is 1.67. The van der Waals surface area contributed by atoms with Crippen LogP contribution in [0.4, 0.5) is 17.1 Å². The number of anilines is 2. The Morgan fingerprint density at radius 3 is 2.43 bits per heavy atom. The Labute approximate surface area is 258 Å². The second-order valence-electron chi connectivity index (χ2n) is 10.1. The first kappa shape index (κ1) is 29.1. The number of thioether (sulfide) groups is 1. The number of benzene rings is 3. The summed E-state index contributed by atoms with van der Waals surface area (Å²) in [5.41, 5.74) is 2.36. The van der Waals surface area contributed by atoms with E-state index in [1.54, 1.807) is 30.3 Å². The molecule has 0 spiro atoms. The molecule has 3 atom stereocenters. The van der Waals surface area contributed by atoms with Gasteiger partial charge in [-0.05, 0) is 48.9 Å². The maximum absolute atomic E-state index is 13.9. The third-order valence-electron chi connectivity index (χ3n) is 7.38. The number of thiazole rings is 1. The van der Waals surface area contributed by atoms with Crippen molar-refractivity contribution < 1.29 is 28.8 Å². The highest BCUT2D eigenvalue weighted by Crippen LogP contribution is 2.53. The molecule has 14 heteroatoms. The number of H-pyrrole nitrogens is 1. The van der Waals surface area contributed by atoms with Gasteiger partial charge in [-0.2, -0.15) is 0 Å². The van der Waals surface area contributed by atoms with Crippen LogP contribution in [0.15, 0.2) is 76.6 Å². The van der Waals surface area contributed by atoms with Crippen LogP contribution >= 0.6 is 23.1 Å². The van der Waals surface area contributed by atoms with Crippen molar-refractivity contribution in [2.24, 2.45) is 5.92 Å². The Morgan fingerprint density at radius 1 is 1.02 bits per heavy atom. The minimum Gasteiger partial charge on any atom is -0.493 e. The van der Waals surface area contributed by atoms with E-state index in [2.05, 4.69) is 10.3 Å². The van der Waals surface area contributed by atoms with Crippen LogP contribution in [0, 0.1) is 23.0 Å². The molecular weight excluding hydrogens is 608 g/mol. The van der Waals surface area contributed by atoms with Crippen LogP contribution in [0.25, 0.3) is 0 Å². The van der Waals surface area contributed by atoms with Crippen LogP contribution in [0.5, 0.6) is 11.5 Å². The zero-order valence-electron chi connectivity index (χ0n) is 23.3. The zero-order chi connectivity index (χ0) is 31.1. The lowest BCUT2D eigenvalue weighted by Crippen LogP contribution is -2.32. The number of rotatable bonds is 8. The number of carbonyl (C=O) groups is 3. The number of nitro benzene ring substituents is 1. The molecule has 1 aromatic heterocycles. The molecule has 3 aromatic carbocycles. The van der Waals surface area contributed by atoms with E-state index in [9.17, 15) is 29.3 Å². The summed E-state index contributed by atoms with van der Waals surface area (Å²) in [7, 11) is 1.44. The highest BCUT2D eigenvalue weighted by atomic mass is 32.2. The van der Waals surface area contributed by atoms with E-state index in [0.29, 0.717) is 32.7 Å². The number of nitrogens with zero attached hydrogens (tertiary/aromatic N) is 2. The Hall–Kier alpha value is -4.95. The molecule has 0 aliphatic carbocycles. The van der Waals surface area contributed by atoms with Crippen LogP contribution in [-0.4, -0.2) is 46.6 Å². The number of carbonyl (C=O) groups excluding carboxylic acids is 3. The second-order valence-corrected chi connectivity index (χ2v) is 12.3. The van der Waals surface area contributed by atoms with Crippen LogP contribution < -0.4 is 24.6 Å². The topological polar surface area (TPSA) is 161 Å². The van der Waals surface area contributed by atoms with Gasteiger partial charge >= 0.3 is 4.87 Å². The van der Waals surface area contributed by atoms with Crippen LogP contribution in [0.2, 0.25) is 0 Å². The molecule has 3 heterocycles. The van der Waals surface area contributed by atoms with Crippen molar-refractivity contribution >= 4 is 57.9 Å². The number of ether oxygens (including phenoxy) is 2. The van der Waals surface area contributed by atoms with Crippen molar-refractivity contribution in [1.29, 1.82) is 0 Å². The average Bonchev–Trinajstić information content (AvgIpc) is 3.51. The summed E-state index contributed by atoms with van der Waals surface area (Å²) in [4.78, 5) is 67.1. The lowest BCUT2D eigenvalue weighted by Gasteiger charge is -2.30. The lowest BCUT2D eigenvalue weighted by molar-refractivity contribution is -0.384. The zero-order valence-corrected chi connectivity index (χ0v) is 24.9. The normalized spacial score (nSPS) is 18.9.